The van der Waals surface area contributed by atoms with Gasteiger partial charge in [0.2, 0.25) is 0 Å². The zero-order valence-electron chi connectivity index (χ0n) is 10.7. The summed E-state index contributed by atoms with van der Waals surface area (Å²) in [4.78, 5) is 5.10. The maximum atomic E-state index is 5.50. The van der Waals surface area contributed by atoms with Crippen LogP contribution < -0.4 is 5.73 Å². The molecule has 0 aromatic carbocycles. The fraction of sp³-hybridized carbons (Fsp3) is 1.00. The lowest BCUT2D eigenvalue weighted by atomic mass is 10.2. The van der Waals surface area contributed by atoms with Crippen LogP contribution in [0, 0.1) is 0 Å². The van der Waals surface area contributed by atoms with Gasteiger partial charge in [-0.1, -0.05) is 0 Å². The number of hydrogen-bond donors (Lipinski definition) is 1. The summed E-state index contributed by atoms with van der Waals surface area (Å²) in [6.07, 6.45) is 3.57. The summed E-state index contributed by atoms with van der Waals surface area (Å²) in [6, 6.07) is 0. The minimum absolute atomic E-state index is 0.830. The summed E-state index contributed by atoms with van der Waals surface area (Å²) in [5.41, 5.74) is 5.50. The molecule has 1 saturated heterocycles. The van der Waals surface area contributed by atoms with E-state index in [4.69, 9.17) is 10.5 Å². The molecule has 0 aliphatic carbocycles. The van der Waals surface area contributed by atoms with E-state index < -0.39 is 0 Å². The van der Waals surface area contributed by atoms with Crippen molar-refractivity contribution >= 4 is 0 Å². The van der Waals surface area contributed by atoms with Crippen molar-refractivity contribution in [1.82, 2.24) is 9.80 Å². The highest BCUT2D eigenvalue weighted by molar-refractivity contribution is 4.71. The van der Waals surface area contributed by atoms with Crippen LogP contribution in [0.2, 0.25) is 0 Å². The average Bonchev–Trinajstić information content (AvgIpc) is 2.32. The van der Waals surface area contributed by atoms with Crippen LogP contribution >= 0.6 is 0 Å². The highest BCUT2D eigenvalue weighted by Crippen LogP contribution is 2.04. The zero-order valence-corrected chi connectivity index (χ0v) is 10.7. The van der Waals surface area contributed by atoms with E-state index in [1.54, 1.807) is 7.11 Å². The van der Waals surface area contributed by atoms with Crippen LogP contribution in [0.1, 0.15) is 19.3 Å². The first-order valence-corrected chi connectivity index (χ1v) is 6.50. The van der Waals surface area contributed by atoms with Crippen molar-refractivity contribution in [3.05, 3.63) is 0 Å². The number of unbranched alkanes of at least 4 members (excludes halogenated alkanes) is 1. The van der Waals surface area contributed by atoms with Crippen LogP contribution in [0.25, 0.3) is 0 Å². The predicted octanol–water partition coefficient (Wildman–Crippen LogP) is 0.379. The first-order valence-electron chi connectivity index (χ1n) is 6.50. The standard InChI is InChI=1S/C12H27N3O/c1-16-12-4-7-15-10-8-14(9-11-15)6-3-2-5-13/h2-13H2,1H3. The predicted molar refractivity (Wildman–Crippen MR) is 67.7 cm³/mol. The van der Waals surface area contributed by atoms with E-state index in [-0.39, 0.29) is 0 Å². The third-order valence-corrected chi connectivity index (χ3v) is 3.22. The van der Waals surface area contributed by atoms with E-state index in [1.165, 1.54) is 45.7 Å². The van der Waals surface area contributed by atoms with Crippen LogP contribution in [0.15, 0.2) is 0 Å². The topological polar surface area (TPSA) is 41.7 Å². The molecule has 0 radical (unpaired) electrons. The molecule has 1 aliphatic rings. The maximum Gasteiger partial charge on any atom is 0.0474 e. The molecule has 0 bridgehead atoms. The Morgan fingerprint density at radius 2 is 1.50 bits per heavy atom. The van der Waals surface area contributed by atoms with Gasteiger partial charge in [-0.15, -0.1) is 0 Å². The fourth-order valence-electron chi connectivity index (χ4n) is 2.15. The highest BCUT2D eigenvalue weighted by Gasteiger charge is 2.15. The third kappa shape index (κ3) is 5.80. The monoisotopic (exact) mass is 229 g/mol. The first-order chi connectivity index (χ1) is 7.86. The molecule has 1 rings (SSSR count). The Bertz CT molecular complexity index is 140. The Balaban J connectivity index is 2.00. The Morgan fingerprint density at radius 1 is 0.938 bits per heavy atom. The number of rotatable bonds is 8. The minimum Gasteiger partial charge on any atom is -0.385 e. The molecule has 4 nitrogen and oxygen atoms in total. The van der Waals surface area contributed by atoms with E-state index in [0.29, 0.717) is 0 Å². The van der Waals surface area contributed by atoms with Crippen molar-refractivity contribution in [2.45, 2.75) is 19.3 Å². The smallest absolute Gasteiger partial charge is 0.0474 e. The second kappa shape index (κ2) is 8.93. The van der Waals surface area contributed by atoms with Gasteiger partial charge in [-0.05, 0) is 32.4 Å². The van der Waals surface area contributed by atoms with Gasteiger partial charge in [0.25, 0.3) is 0 Å². The Hall–Kier alpha value is -0.160. The fourth-order valence-corrected chi connectivity index (χ4v) is 2.15. The van der Waals surface area contributed by atoms with Gasteiger partial charge in [-0.3, -0.25) is 0 Å². The summed E-state index contributed by atoms with van der Waals surface area (Å²) in [5, 5.41) is 0. The zero-order chi connectivity index (χ0) is 11.6. The lowest BCUT2D eigenvalue weighted by Crippen LogP contribution is -2.46. The molecule has 0 spiro atoms. The molecule has 0 aromatic heterocycles. The second-order valence-corrected chi connectivity index (χ2v) is 4.53. The van der Waals surface area contributed by atoms with Crippen molar-refractivity contribution in [1.29, 1.82) is 0 Å². The summed E-state index contributed by atoms with van der Waals surface area (Å²) in [6.45, 7) is 9.00. The number of nitrogens with two attached hydrogens (primary N) is 1. The van der Waals surface area contributed by atoms with Crippen molar-refractivity contribution in [3.8, 4) is 0 Å². The van der Waals surface area contributed by atoms with Gasteiger partial charge in [0, 0.05) is 46.4 Å². The van der Waals surface area contributed by atoms with Gasteiger partial charge in [-0.25, -0.2) is 0 Å². The number of nitrogens with zero attached hydrogens (tertiary/aromatic N) is 2. The van der Waals surface area contributed by atoms with Crippen LogP contribution in [-0.4, -0.2) is 69.3 Å². The van der Waals surface area contributed by atoms with Gasteiger partial charge < -0.3 is 20.3 Å². The van der Waals surface area contributed by atoms with Gasteiger partial charge in [0.15, 0.2) is 0 Å². The SMILES string of the molecule is COCCCN1CCN(CCCCN)CC1. The van der Waals surface area contributed by atoms with Crippen molar-refractivity contribution in [3.63, 3.8) is 0 Å². The van der Waals surface area contributed by atoms with E-state index >= 15 is 0 Å². The number of methoxy groups -OCH3 is 1. The Morgan fingerprint density at radius 3 is 2.00 bits per heavy atom. The highest BCUT2D eigenvalue weighted by atomic mass is 16.5. The minimum atomic E-state index is 0.830. The van der Waals surface area contributed by atoms with E-state index in [0.717, 1.165) is 26.0 Å². The molecule has 4 heteroatoms. The summed E-state index contributed by atoms with van der Waals surface area (Å²) in [7, 11) is 1.77. The van der Waals surface area contributed by atoms with Crippen LogP contribution in [0.3, 0.4) is 0 Å². The van der Waals surface area contributed by atoms with E-state index in [2.05, 4.69) is 9.80 Å². The molecule has 0 unspecified atom stereocenters. The molecule has 2 N–H and O–H groups in total. The van der Waals surface area contributed by atoms with Crippen molar-refractivity contribution < 1.29 is 4.74 Å². The molecule has 0 atom stereocenters. The molecule has 0 amide bonds. The van der Waals surface area contributed by atoms with Crippen LogP contribution in [0.5, 0.6) is 0 Å². The summed E-state index contributed by atoms with van der Waals surface area (Å²) in [5.74, 6) is 0. The largest absolute Gasteiger partial charge is 0.385 e. The van der Waals surface area contributed by atoms with Crippen molar-refractivity contribution in [2.24, 2.45) is 5.73 Å². The van der Waals surface area contributed by atoms with Gasteiger partial charge in [0.05, 0.1) is 0 Å². The molecule has 1 aliphatic heterocycles. The quantitative estimate of drug-likeness (QED) is 0.611. The Labute approximate surface area is 99.7 Å². The van der Waals surface area contributed by atoms with Gasteiger partial charge >= 0.3 is 0 Å². The first kappa shape index (κ1) is 13.9. The molecule has 96 valence electrons. The number of hydrogen-bond acceptors (Lipinski definition) is 4. The molecular weight excluding hydrogens is 202 g/mol. The molecule has 1 fully saturated rings. The lowest BCUT2D eigenvalue weighted by molar-refractivity contribution is 0.116. The van der Waals surface area contributed by atoms with Crippen molar-refractivity contribution in [2.75, 3.05) is 59.5 Å². The van der Waals surface area contributed by atoms with Gasteiger partial charge in [-0.2, -0.15) is 0 Å². The molecular formula is C12H27N3O. The summed E-state index contributed by atoms with van der Waals surface area (Å²) >= 11 is 0. The van der Waals surface area contributed by atoms with E-state index in [9.17, 15) is 0 Å². The molecule has 0 aromatic rings. The van der Waals surface area contributed by atoms with Crippen LogP contribution in [-0.2, 0) is 4.74 Å². The second-order valence-electron chi connectivity index (χ2n) is 4.53. The number of piperazine rings is 1. The molecule has 0 saturated carbocycles. The molecule has 1 heterocycles. The maximum absolute atomic E-state index is 5.50. The summed E-state index contributed by atoms with van der Waals surface area (Å²) < 4.78 is 5.07. The van der Waals surface area contributed by atoms with E-state index in [1.807, 2.05) is 0 Å². The lowest BCUT2D eigenvalue weighted by Gasteiger charge is -2.34. The van der Waals surface area contributed by atoms with Gasteiger partial charge in [0.1, 0.15) is 0 Å². The third-order valence-electron chi connectivity index (χ3n) is 3.22. The van der Waals surface area contributed by atoms with Crippen LogP contribution in [0.4, 0.5) is 0 Å². The number of ether oxygens (including phenoxy) is 1. The normalized spacial score (nSPS) is 19.1. The average molecular weight is 229 g/mol. The molecule has 16 heavy (non-hydrogen) atoms. The Kier molecular flexibility index (Phi) is 7.76.